The van der Waals surface area contributed by atoms with Crippen molar-refractivity contribution in [3.05, 3.63) is 135 Å². The Labute approximate surface area is 260 Å². The number of benzene rings is 4. The second-order valence-electron chi connectivity index (χ2n) is 10.9. The molecule has 4 amide bonds. The van der Waals surface area contributed by atoms with Crippen LogP contribution in [-0.4, -0.2) is 36.2 Å². The van der Waals surface area contributed by atoms with Gasteiger partial charge in [-0.25, -0.2) is 9.69 Å². The van der Waals surface area contributed by atoms with Crippen molar-refractivity contribution < 1.29 is 28.7 Å². The minimum Gasteiger partial charge on any atom is -0.452 e. The molecule has 2 N–H and O–H groups in total. The van der Waals surface area contributed by atoms with E-state index >= 15 is 0 Å². The molecule has 1 saturated heterocycles. The Kier molecular flexibility index (Phi) is 6.85. The molecule has 0 spiro atoms. The summed E-state index contributed by atoms with van der Waals surface area (Å²) in [5.74, 6) is -3.98. The van der Waals surface area contributed by atoms with Gasteiger partial charge in [-0.05, 0) is 70.8 Å². The van der Waals surface area contributed by atoms with Crippen molar-refractivity contribution in [1.82, 2.24) is 10.9 Å². The summed E-state index contributed by atoms with van der Waals surface area (Å²) in [5.41, 5.74) is 9.67. The molecule has 10 heteroatoms. The highest BCUT2D eigenvalue weighted by atomic mass is 79.9. The highest BCUT2D eigenvalue weighted by molar-refractivity contribution is 9.10. The standard InChI is InChI=1S/C34H24BrN3O6/c35-20-13-9-18(10-14-20)31(40)37-36-26(39)17-44-34(43)19-11-15-21(16-12-19)38-32(41)29-27-22-5-1-2-6-23(22)28(30(29)33(38)42)25-8-4-3-7-24(25)27/h1-16,27-30H,17H2,(H,36,39)(H,37,40)/t27?,28?,29-,30+. The second-order valence-corrected chi connectivity index (χ2v) is 11.8. The van der Waals surface area contributed by atoms with Crippen molar-refractivity contribution in [2.45, 2.75) is 11.8 Å². The van der Waals surface area contributed by atoms with Crippen LogP contribution in [0.15, 0.2) is 102 Å². The Morgan fingerprint density at radius 2 is 1.14 bits per heavy atom. The number of hydrogen-bond acceptors (Lipinski definition) is 6. The Morgan fingerprint density at radius 1 is 0.659 bits per heavy atom. The molecule has 8 rings (SSSR count). The highest BCUT2D eigenvalue weighted by Crippen LogP contribution is 2.61. The van der Waals surface area contributed by atoms with Crippen LogP contribution in [-0.2, 0) is 19.1 Å². The van der Waals surface area contributed by atoms with Gasteiger partial charge in [0.15, 0.2) is 6.61 Å². The van der Waals surface area contributed by atoms with Crippen LogP contribution in [0.1, 0.15) is 54.8 Å². The minimum absolute atomic E-state index is 0.136. The molecule has 1 heterocycles. The lowest BCUT2D eigenvalue weighted by atomic mass is 9.55. The number of rotatable bonds is 5. The molecule has 3 aliphatic carbocycles. The molecule has 4 aromatic rings. The molecule has 0 radical (unpaired) electrons. The molecular weight excluding hydrogens is 626 g/mol. The highest BCUT2D eigenvalue weighted by Gasteiger charge is 2.61. The fourth-order valence-electron chi connectivity index (χ4n) is 6.73. The van der Waals surface area contributed by atoms with Gasteiger partial charge in [0.2, 0.25) is 11.8 Å². The van der Waals surface area contributed by atoms with Crippen molar-refractivity contribution in [1.29, 1.82) is 0 Å². The minimum atomic E-state index is -0.775. The molecule has 4 aliphatic rings. The second kappa shape index (κ2) is 10.9. The number of carbonyl (C=O) groups is 5. The Morgan fingerprint density at radius 3 is 1.64 bits per heavy atom. The monoisotopic (exact) mass is 649 g/mol. The number of hydrazine groups is 1. The van der Waals surface area contributed by atoms with Gasteiger partial charge in [0.1, 0.15) is 0 Å². The van der Waals surface area contributed by atoms with E-state index in [9.17, 15) is 24.0 Å². The quantitative estimate of drug-likeness (QED) is 0.187. The van der Waals surface area contributed by atoms with Crippen molar-refractivity contribution in [3.8, 4) is 0 Å². The van der Waals surface area contributed by atoms with Crippen LogP contribution >= 0.6 is 15.9 Å². The van der Waals surface area contributed by atoms with Gasteiger partial charge in [-0.3, -0.25) is 30.0 Å². The molecule has 4 aromatic carbocycles. The first-order valence-electron chi connectivity index (χ1n) is 14.0. The van der Waals surface area contributed by atoms with Gasteiger partial charge in [-0.15, -0.1) is 0 Å². The third-order valence-electron chi connectivity index (χ3n) is 8.57. The third-order valence-corrected chi connectivity index (χ3v) is 9.09. The summed E-state index contributed by atoms with van der Waals surface area (Å²) in [6, 6.07) is 28.6. The van der Waals surface area contributed by atoms with Crippen LogP contribution in [0.4, 0.5) is 5.69 Å². The van der Waals surface area contributed by atoms with Gasteiger partial charge in [0, 0.05) is 21.9 Å². The summed E-state index contributed by atoms with van der Waals surface area (Å²) in [4.78, 5) is 65.9. The molecule has 218 valence electrons. The number of hydrogen-bond donors (Lipinski definition) is 2. The van der Waals surface area contributed by atoms with Gasteiger partial charge < -0.3 is 4.74 Å². The largest absolute Gasteiger partial charge is 0.452 e. The van der Waals surface area contributed by atoms with E-state index < -0.39 is 36.2 Å². The molecule has 9 nitrogen and oxygen atoms in total. The van der Waals surface area contributed by atoms with Crippen LogP contribution in [0.2, 0.25) is 0 Å². The maximum Gasteiger partial charge on any atom is 0.338 e. The maximum atomic E-state index is 13.9. The van der Waals surface area contributed by atoms with Gasteiger partial charge in [-0.1, -0.05) is 64.5 Å². The summed E-state index contributed by atoms with van der Waals surface area (Å²) in [6.45, 7) is -0.627. The predicted molar refractivity (Wildman–Crippen MR) is 163 cm³/mol. The topological polar surface area (TPSA) is 122 Å². The van der Waals surface area contributed by atoms with Gasteiger partial charge in [0.05, 0.1) is 23.1 Å². The average Bonchev–Trinajstić information content (AvgIpc) is 3.32. The molecule has 1 fully saturated rings. The number of imide groups is 1. The molecule has 0 saturated carbocycles. The van der Waals surface area contributed by atoms with E-state index in [2.05, 4.69) is 51.0 Å². The normalized spacial score (nSPS) is 20.8. The van der Waals surface area contributed by atoms with Crippen LogP contribution in [0, 0.1) is 11.8 Å². The first-order valence-corrected chi connectivity index (χ1v) is 14.8. The van der Waals surface area contributed by atoms with Crippen molar-refractivity contribution in [2.24, 2.45) is 11.8 Å². The van der Waals surface area contributed by atoms with Gasteiger partial charge in [-0.2, -0.15) is 0 Å². The molecule has 2 atom stereocenters. The number of esters is 1. The Hall–Kier alpha value is -5.09. The summed E-state index contributed by atoms with van der Waals surface area (Å²) >= 11 is 3.28. The van der Waals surface area contributed by atoms with E-state index in [1.165, 1.54) is 29.2 Å². The molecular formula is C34H24BrN3O6. The maximum absolute atomic E-state index is 13.9. The molecule has 2 bridgehead atoms. The lowest BCUT2D eigenvalue weighted by Crippen LogP contribution is -2.43. The van der Waals surface area contributed by atoms with Gasteiger partial charge in [0.25, 0.3) is 11.8 Å². The zero-order valence-electron chi connectivity index (χ0n) is 23.0. The number of nitrogens with one attached hydrogen (secondary N) is 2. The average molecular weight is 650 g/mol. The van der Waals surface area contributed by atoms with E-state index in [0.717, 1.165) is 26.7 Å². The van der Waals surface area contributed by atoms with Gasteiger partial charge >= 0.3 is 5.97 Å². The van der Waals surface area contributed by atoms with E-state index in [0.29, 0.717) is 11.3 Å². The summed E-state index contributed by atoms with van der Waals surface area (Å²) in [7, 11) is 0. The summed E-state index contributed by atoms with van der Waals surface area (Å²) in [5, 5.41) is 0. The first kappa shape index (κ1) is 27.7. The lowest BCUT2D eigenvalue weighted by molar-refractivity contribution is -0.125. The smallest absolute Gasteiger partial charge is 0.338 e. The van der Waals surface area contributed by atoms with Crippen LogP contribution in [0.3, 0.4) is 0 Å². The zero-order valence-corrected chi connectivity index (χ0v) is 24.6. The van der Waals surface area contributed by atoms with Crippen molar-refractivity contribution >= 4 is 51.2 Å². The fraction of sp³-hybridized carbons (Fsp3) is 0.147. The Bertz CT molecular complexity index is 1740. The number of ether oxygens (including phenoxy) is 1. The van der Waals surface area contributed by atoms with Crippen LogP contribution < -0.4 is 15.8 Å². The van der Waals surface area contributed by atoms with E-state index in [-0.39, 0.29) is 29.2 Å². The van der Waals surface area contributed by atoms with Crippen LogP contribution in [0.5, 0.6) is 0 Å². The first-order chi connectivity index (χ1) is 21.3. The van der Waals surface area contributed by atoms with Crippen molar-refractivity contribution in [3.63, 3.8) is 0 Å². The fourth-order valence-corrected chi connectivity index (χ4v) is 6.99. The Balaban J connectivity index is 1.02. The number of anilines is 1. The number of nitrogens with zero attached hydrogens (tertiary/aromatic N) is 1. The van der Waals surface area contributed by atoms with Crippen LogP contribution in [0.25, 0.3) is 0 Å². The summed E-state index contributed by atoms with van der Waals surface area (Å²) in [6.07, 6.45) is 0. The van der Waals surface area contributed by atoms with E-state index in [4.69, 9.17) is 4.74 Å². The molecule has 0 aromatic heterocycles. The summed E-state index contributed by atoms with van der Waals surface area (Å²) < 4.78 is 5.88. The lowest BCUT2D eigenvalue weighted by Gasteiger charge is -2.45. The third kappa shape index (κ3) is 4.49. The zero-order chi connectivity index (χ0) is 30.5. The number of amides is 4. The SMILES string of the molecule is O=C(COC(=O)c1ccc(N2C(=O)[C@@H]3C4c5ccccc5C(c5ccccc54)[C@@H]3C2=O)cc1)NNC(=O)c1ccc(Br)cc1. The number of carbonyl (C=O) groups excluding carboxylic acids is 5. The van der Waals surface area contributed by atoms with Crippen molar-refractivity contribution in [2.75, 3.05) is 11.5 Å². The molecule has 0 unspecified atom stereocenters. The number of halogens is 1. The van der Waals surface area contributed by atoms with E-state index in [1.807, 2.05) is 24.3 Å². The predicted octanol–water partition coefficient (Wildman–Crippen LogP) is 4.46. The molecule has 1 aliphatic heterocycles. The molecule has 44 heavy (non-hydrogen) atoms. The van der Waals surface area contributed by atoms with E-state index in [1.54, 1.807) is 24.3 Å².